The third kappa shape index (κ3) is 1.41. The summed E-state index contributed by atoms with van der Waals surface area (Å²) in [5, 5.41) is 0. The number of fused-ring (bicyclic) bond motifs is 3. The van der Waals surface area contributed by atoms with Crippen molar-refractivity contribution < 1.29 is 19.0 Å². The van der Waals surface area contributed by atoms with Gasteiger partial charge in [0.05, 0.1) is 7.11 Å². The summed E-state index contributed by atoms with van der Waals surface area (Å²) in [5.41, 5.74) is 3.47. The summed E-state index contributed by atoms with van der Waals surface area (Å²) in [4.78, 5) is 11.7. The predicted octanol–water partition coefficient (Wildman–Crippen LogP) is 2.25. The summed E-state index contributed by atoms with van der Waals surface area (Å²) < 4.78 is 16.2. The molecule has 0 saturated heterocycles. The Morgan fingerprint density at radius 2 is 2.28 bits per heavy atom. The molecular formula is C14H14O4. The van der Waals surface area contributed by atoms with Crippen LogP contribution in [0.4, 0.5) is 0 Å². The molecule has 2 heterocycles. The van der Waals surface area contributed by atoms with E-state index in [1.807, 2.05) is 6.92 Å². The highest BCUT2D eigenvalue weighted by atomic mass is 16.5. The number of ether oxygens (including phenoxy) is 3. The summed E-state index contributed by atoms with van der Waals surface area (Å²) in [6, 6.07) is 1.77. The van der Waals surface area contributed by atoms with Crippen molar-refractivity contribution in [3.63, 3.8) is 0 Å². The standard InChI is InChI=1S/C14H14O4/c1-7(2)10-4-8-9-6-17-14(15)13(9)12(16-3)5-11(8)18-10/h5,10H,1,4,6H2,2-3H3. The molecule has 0 radical (unpaired) electrons. The van der Waals surface area contributed by atoms with Crippen molar-refractivity contribution in [3.8, 4) is 11.5 Å². The van der Waals surface area contributed by atoms with Gasteiger partial charge in [-0.05, 0) is 12.5 Å². The molecule has 0 spiro atoms. The first-order chi connectivity index (χ1) is 8.61. The van der Waals surface area contributed by atoms with Crippen molar-refractivity contribution in [2.24, 2.45) is 0 Å². The van der Waals surface area contributed by atoms with Gasteiger partial charge in [0.1, 0.15) is 29.8 Å². The van der Waals surface area contributed by atoms with Crippen molar-refractivity contribution in [1.82, 2.24) is 0 Å². The zero-order valence-electron chi connectivity index (χ0n) is 10.4. The van der Waals surface area contributed by atoms with E-state index in [1.54, 1.807) is 13.2 Å². The van der Waals surface area contributed by atoms with Gasteiger partial charge in [-0.1, -0.05) is 6.58 Å². The first-order valence-corrected chi connectivity index (χ1v) is 5.83. The van der Waals surface area contributed by atoms with Gasteiger partial charge in [-0.2, -0.15) is 0 Å². The summed E-state index contributed by atoms with van der Waals surface area (Å²) in [5.74, 6) is 0.981. The molecule has 3 rings (SSSR count). The molecule has 1 unspecified atom stereocenters. The lowest BCUT2D eigenvalue weighted by Crippen LogP contribution is -2.13. The minimum absolute atomic E-state index is 0.0214. The van der Waals surface area contributed by atoms with Gasteiger partial charge in [0.2, 0.25) is 0 Å². The average Bonchev–Trinajstić information content (AvgIpc) is 2.92. The number of methoxy groups -OCH3 is 1. The smallest absolute Gasteiger partial charge is 0.342 e. The Hall–Kier alpha value is -1.97. The van der Waals surface area contributed by atoms with Gasteiger partial charge in [-0.3, -0.25) is 0 Å². The minimum Gasteiger partial charge on any atom is -0.496 e. The first-order valence-electron chi connectivity index (χ1n) is 5.83. The third-order valence-electron chi connectivity index (χ3n) is 3.45. The highest BCUT2D eigenvalue weighted by Crippen LogP contribution is 2.42. The molecule has 94 valence electrons. The Morgan fingerprint density at radius 1 is 1.50 bits per heavy atom. The van der Waals surface area contributed by atoms with E-state index in [2.05, 4.69) is 6.58 Å². The Balaban J connectivity index is 2.14. The molecule has 0 amide bonds. The topological polar surface area (TPSA) is 44.8 Å². The van der Waals surface area contributed by atoms with E-state index in [0.717, 1.165) is 28.9 Å². The van der Waals surface area contributed by atoms with Gasteiger partial charge in [0.25, 0.3) is 0 Å². The van der Waals surface area contributed by atoms with Crippen molar-refractivity contribution in [1.29, 1.82) is 0 Å². The van der Waals surface area contributed by atoms with Crippen LogP contribution in [0.1, 0.15) is 28.4 Å². The molecule has 0 bridgehead atoms. The number of benzene rings is 1. The number of rotatable bonds is 2. The van der Waals surface area contributed by atoms with Crippen LogP contribution in [0.25, 0.3) is 0 Å². The number of hydrogen-bond acceptors (Lipinski definition) is 4. The number of esters is 1. The SMILES string of the molecule is C=C(C)C1Cc2c(cc(OC)c3c2COC3=O)O1. The van der Waals surface area contributed by atoms with Crippen LogP contribution in [0.15, 0.2) is 18.2 Å². The number of hydrogen-bond donors (Lipinski definition) is 0. The molecule has 0 saturated carbocycles. The van der Waals surface area contributed by atoms with Crippen LogP contribution in [0.3, 0.4) is 0 Å². The second-order valence-corrected chi connectivity index (χ2v) is 4.64. The number of carbonyl (C=O) groups is 1. The highest BCUT2D eigenvalue weighted by Gasteiger charge is 2.35. The van der Waals surface area contributed by atoms with Crippen molar-refractivity contribution in [2.75, 3.05) is 7.11 Å². The Morgan fingerprint density at radius 3 is 2.94 bits per heavy atom. The van der Waals surface area contributed by atoms with Crippen LogP contribution in [0.5, 0.6) is 11.5 Å². The second kappa shape index (κ2) is 3.77. The molecule has 2 aliphatic rings. The zero-order chi connectivity index (χ0) is 12.9. The fourth-order valence-corrected chi connectivity index (χ4v) is 2.46. The number of cyclic esters (lactones) is 1. The zero-order valence-corrected chi connectivity index (χ0v) is 10.4. The van der Waals surface area contributed by atoms with Gasteiger partial charge in [0, 0.05) is 23.6 Å². The first kappa shape index (κ1) is 11.1. The molecule has 0 aliphatic carbocycles. The minimum atomic E-state index is -0.316. The molecule has 1 aromatic rings. The molecule has 1 aromatic carbocycles. The van der Waals surface area contributed by atoms with Crippen LogP contribution in [0.2, 0.25) is 0 Å². The van der Waals surface area contributed by atoms with E-state index in [1.165, 1.54) is 0 Å². The van der Waals surface area contributed by atoms with Crippen molar-refractivity contribution in [3.05, 3.63) is 34.9 Å². The second-order valence-electron chi connectivity index (χ2n) is 4.64. The number of carbonyl (C=O) groups excluding carboxylic acids is 1. The fourth-order valence-electron chi connectivity index (χ4n) is 2.46. The molecule has 1 atom stereocenters. The Bertz CT molecular complexity index is 559. The lowest BCUT2D eigenvalue weighted by molar-refractivity contribution is 0.0532. The summed E-state index contributed by atoms with van der Waals surface area (Å²) >= 11 is 0. The molecule has 4 nitrogen and oxygen atoms in total. The van der Waals surface area contributed by atoms with E-state index in [4.69, 9.17) is 14.2 Å². The maximum atomic E-state index is 11.7. The molecule has 0 aromatic heterocycles. The largest absolute Gasteiger partial charge is 0.496 e. The van der Waals surface area contributed by atoms with Crippen LogP contribution < -0.4 is 9.47 Å². The summed E-state index contributed by atoms with van der Waals surface area (Å²) in [6.07, 6.45) is 0.722. The molecule has 18 heavy (non-hydrogen) atoms. The third-order valence-corrected chi connectivity index (χ3v) is 3.45. The van der Waals surface area contributed by atoms with Gasteiger partial charge in [-0.15, -0.1) is 0 Å². The summed E-state index contributed by atoms with van der Waals surface area (Å²) in [7, 11) is 1.54. The van der Waals surface area contributed by atoms with Crippen molar-refractivity contribution >= 4 is 5.97 Å². The maximum absolute atomic E-state index is 11.7. The van der Waals surface area contributed by atoms with Gasteiger partial charge < -0.3 is 14.2 Å². The van der Waals surface area contributed by atoms with E-state index < -0.39 is 0 Å². The highest BCUT2D eigenvalue weighted by molar-refractivity contribution is 5.97. The molecule has 4 heteroatoms. The average molecular weight is 246 g/mol. The van der Waals surface area contributed by atoms with Crippen LogP contribution in [0, 0.1) is 0 Å². The monoisotopic (exact) mass is 246 g/mol. The lowest BCUT2D eigenvalue weighted by Gasteiger charge is -2.10. The Kier molecular flexibility index (Phi) is 2.33. The van der Waals surface area contributed by atoms with E-state index in [-0.39, 0.29) is 12.1 Å². The van der Waals surface area contributed by atoms with Gasteiger partial charge in [0.15, 0.2) is 0 Å². The van der Waals surface area contributed by atoms with Gasteiger partial charge in [-0.25, -0.2) is 4.79 Å². The van der Waals surface area contributed by atoms with Crippen molar-refractivity contribution in [2.45, 2.75) is 26.1 Å². The Labute approximate surface area is 105 Å². The van der Waals surface area contributed by atoms with Gasteiger partial charge >= 0.3 is 5.97 Å². The predicted molar refractivity (Wildman–Crippen MR) is 65.0 cm³/mol. The van der Waals surface area contributed by atoms with Crippen LogP contribution in [-0.2, 0) is 17.8 Å². The van der Waals surface area contributed by atoms with E-state index >= 15 is 0 Å². The molecular weight excluding hydrogens is 232 g/mol. The van der Waals surface area contributed by atoms with E-state index in [9.17, 15) is 4.79 Å². The molecule has 0 N–H and O–H groups in total. The quantitative estimate of drug-likeness (QED) is 0.593. The maximum Gasteiger partial charge on any atom is 0.342 e. The van der Waals surface area contributed by atoms with Crippen LogP contribution in [-0.4, -0.2) is 19.2 Å². The van der Waals surface area contributed by atoms with E-state index in [0.29, 0.717) is 17.9 Å². The molecule has 0 fully saturated rings. The summed E-state index contributed by atoms with van der Waals surface area (Å²) in [6.45, 7) is 6.16. The lowest BCUT2D eigenvalue weighted by atomic mass is 9.97. The normalized spacial score (nSPS) is 19.9. The molecule has 2 aliphatic heterocycles. The van der Waals surface area contributed by atoms with Crippen LogP contribution >= 0.6 is 0 Å². The fraction of sp³-hybridized carbons (Fsp3) is 0.357.